The predicted molar refractivity (Wildman–Crippen MR) is 138 cm³/mol. The van der Waals surface area contributed by atoms with Gasteiger partial charge in [-0.25, -0.2) is 4.98 Å². The van der Waals surface area contributed by atoms with Crippen molar-refractivity contribution in [2.75, 3.05) is 5.32 Å². The number of nitrogens with one attached hydrogen (secondary N) is 1. The molecular formula is C28H23BrN2O3. The first-order chi connectivity index (χ1) is 16.5. The summed E-state index contributed by atoms with van der Waals surface area (Å²) in [6.45, 7) is 4.38. The molecule has 1 amide bonds. The molecule has 0 saturated carbocycles. The normalized spacial score (nSPS) is 12.1. The average molecular weight is 515 g/mol. The third-order valence-electron chi connectivity index (χ3n) is 5.92. The van der Waals surface area contributed by atoms with Gasteiger partial charge in [0.1, 0.15) is 11.3 Å². The zero-order valence-electron chi connectivity index (χ0n) is 18.8. The number of carbonyl (C=O) groups excluding carboxylic acids is 1. The van der Waals surface area contributed by atoms with Gasteiger partial charge in [-0.15, -0.1) is 0 Å². The van der Waals surface area contributed by atoms with Crippen LogP contribution in [0.25, 0.3) is 33.9 Å². The van der Waals surface area contributed by atoms with Crippen LogP contribution in [0.3, 0.4) is 0 Å². The van der Waals surface area contributed by atoms with E-state index in [2.05, 4.69) is 52.2 Å². The van der Waals surface area contributed by atoms with E-state index >= 15 is 0 Å². The molecule has 0 saturated heterocycles. The summed E-state index contributed by atoms with van der Waals surface area (Å²) in [7, 11) is 0. The topological polar surface area (TPSA) is 68.3 Å². The minimum absolute atomic E-state index is 0.239. The number of amides is 1. The lowest BCUT2D eigenvalue weighted by atomic mass is 9.98. The van der Waals surface area contributed by atoms with E-state index in [0.29, 0.717) is 23.3 Å². The highest BCUT2D eigenvalue weighted by molar-refractivity contribution is 9.10. The monoisotopic (exact) mass is 514 g/mol. The van der Waals surface area contributed by atoms with Crippen molar-refractivity contribution in [2.45, 2.75) is 26.2 Å². The average Bonchev–Trinajstić information content (AvgIpc) is 3.51. The largest absolute Gasteiger partial charge is 0.451 e. The van der Waals surface area contributed by atoms with Gasteiger partial charge in [-0.05, 0) is 72.5 Å². The molecule has 0 aliphatic heterocycles. The molecule has 0 radical (unpaired) electrons. The lowest BCUT2D eigenvalue weighted by Crippen LogP contribution is -2.10. The van der Waals surface area contributed by atoms with Gasteiger partial charge in [0.2, 0.25) is 5.89 Å². The molecule has 0 aliphatic carbocycles. The van der Waals surface area contributed by atoms with Gasteiger partial charge in [0.25, 0.3) is 5.91 Å². The number of benzene rings is 3. The van der Waals surface area contributed by atoms with Crippen LogP contribution in [0.2, 0.25) is 0 Å². The van der Waals surface area contributed by atoms with E-state index in [-0.39, 0.29) is 11.7 Å². The summed E-state index contributed by atoms with van der Waals surface area (Å²) in [4.78, 5) is 17.5. The highest BCUT2D eigenvalue weighted by atomic mass is 79.9. The molecule has 0 fully saturated rings. The van der Waals surface area contributed by atoms with Crippen LogP contribution in [0.1, 0.15) is 42.3 Å². The van der Waals surface area contributed by atoms with Crippen LogP contribution in [0.4, 0.5) is 5.69 Å². The van der Waals surface area contributed by atoms with E-state index < -0.39 is 0 Å². The second-order valence-electron chi connectivity index (χ2n) is 8.26. The molecular weight excluding hydrogens is 492 g/mol. The zero-order valence-corrected chi connectivity index (χ0v) is 20.4. The minimum Gasteiger partial charge on any atom is -0.451 e. The molecule has 0 bridgehead atoms. The second-order valence-corrected chi connectivity index (χ2v) is 9.18. The number of hydrogen-bond donors (Lipinski definition) is 1. The Bertz CT molecular complexity index is 1470. The number of fused-ring (bicyclic) bond motifs is 1. The molecule has 0 unspecified atom stereocenters. The van der Waals surface area contributed by atoms with Crippen molar-refractivity contribution in [1.82, 2.24) is 4.98 Å². The van der Waals surface area contributed by atoms with E-state index in [9.17, 15) is 4.79 Å². The highest BCUT2D eigenvalue weighted by Crippen LogP contribution is 2.29. The van der Waals surface area contributed by atoms with Gasteiger partial charge < -0.3 is 14.2 Å². The number of oxazole rings is 1. The van der Waals surface area contributed by atoms with Crippen molar-refractivity contribution in [1.29, 1.82) is 0 Å². The van der Waals surface area contributed by atoms with Crippen LogP contribution in [0, 0.1) is 0 Å². The van der Waals surface area contributed by atoms with Crippen LogP contribution in [0.15, 0.2) is 92.2 Å². The molecule has 1 N–H and O–H groups in total. The highest BCUT2D eigenvalue weighted by Gasteiger charge is 2.15. The third kappa shape index (κ3) is 4.54. The first-order valence-corrected chi connectivity index (χ1v) is 12.0. The van der Waals surface area contributed by atoms with Gasteiger partial charge >= 0.3 is 0 Å². The van der Waals surface area contributed by atoms with Crippen LogP contribution < -0.4 is 5.32 Å². The van der Waals surface area contributed by atoms with Gasteiger partial charge in [0.05, 0.1) is 0 Å². The predicted octanol–water partition coefficient (Wildman–Crippen LogP) is 8.28. The Balaban J connectivity index is 1.35. The Morgan fingerprint density at radius 1 is 0.971 bits per heavy atom. The Labute approximate surface area is 205 Å². The molecule has 170 valence electrons. The summed E-state index contributed by atoms with van der Waals surface area (Å²) in [6.07, 6.45) is 1.07. The van der Waals surface area contributed by atoms with Crippen molar-refractivity contribution in [3.8, 4) is 22.8 Å². The van der Waals surface area contributed by atoms with Crippen LogP contribution in [-0.4, -0.2) is 10.9 Å². The quantitative estimate of drug-likeness (QED) is 0.247. The van der Waals surface area contributed by atoms with E-state index in [1.807, 2.05) is 54.6 Å². The molecule has 1 atom stereocenters. The number of furan rings is 1. The maximum atomic E-state index is 12.8. The lowest BCUT2D eigenvalue weighted by Gasteiger charge is -2.07. The third-order valence-corrected chi connectivity index (χ3v) is 6.45. The first-order valence-electron chi connectivity index (χ1n) is 11.2. The Morgan fingerprint density at radius 3 is 2.59 bits per heavy atom. The van der Waals surface area contributed by atoms with Gasteiger partial charge in [0, 0.05) is 21.3 Å². The van der Waals surface area contributed by atoms with Crippen molar-refractivity contribution in [2.24, 2.45) is 0 Å². The standard InChI is InChI=1S/C28H23BrN2O3/c1-3-17(2)19-9-12-25-23(16-19)31-28(34-25)20-5-4-6-22(15-20)30-27(32)26-14-13-24(33-26)18-7-10-21(29)11-8-18/h4-17H,3H2,1-2H3,(H,30,32)/t17-/m1/s1. The van der Waals surface area contributed by atoms with E-state index in [1.165, 1.54) is 5.56 Å². The SMILES string of the molecule is CC[C@@H](C)c1ccc2oc(-c3cccc(NC(=O)c4ccc(-c5ccc(Br)cc5)o4)c3)nc2c1. The number of carbonyl (C=O) groups is 1. The summed E-state index contributed by atoms with van der Waals surface area (Å²) < 4.78 is 12.7. The maximum Gasteiger partial charge on any atom is 0.291 e. The lowest BCUT2D eigenvalue weighted by molar-refractivity contribution is 0.0997. The summed E-state index contributed by atoms with van der Waals surface area (Å²) in [5, 5.41) is 2.90. The van der Waals surface area contributed by atoms with Crippen LogP contribution in [0.5, 0.6) is 0 Å². The Kier molecular flexibility index (Phi) is 6.07. The molecule has 5 nitrogen and oxygen atoms in total. The van der Waals surface area contributed by atoms with Gasteiger partial charge in [-0.2, -0.15) is 0 Å². The number of nitrogens with zero attached hydrogens (tertiary/aromatic N) is 1. The molecule has 2 aromatic heterocycles. The second kappa shape index (κ2) is 9.31. The first kappa shape index (κ1) is 22.2. The summed E-state index contributed by atoms with van der Waals surface area (Å²) >= 11 is 3.42. The van der Waals surface area contributed by atoms with E-state index in [4.69, 9.17) is 8.83 Å². The number of aromatic nitrogens is 1. The minimum atomic E-state index is -0.323. The molecule has 6 heteroatoms. The Hall–Kier alpha value is -3.64. The fourth-order valence-electron chi connectivity index (χ4n) is 3.76. The summed E-state index contributed by atoms with van der Waals surface area (Å²) in [5.41, 5.74) is 5.14. The van der Waals surface area contributed by atoms with E-state index in [0.717, 1.165) is 33.1 Å². The fourth-order valence-corrected chi connectivity index (χ4v) is 4.03. The molecule has 2 heterocycles. The number of hydrogen-bond acceptors (Lipinski definition) is 4. The maximum absolute atomic E-state index is 12.8. The van der Waals surface area contributed by atoms with E-state index in [1.54, 1.807) is 12.1 Å². The van der Waals surface area contributed by atoms with Crippen LogP contribution in [-0.2, 0) is 0 Å². The molecule has 34 heavy (non-hydrogen) atoms. The number of anilines is 1. The van der Waals surface area contributed by atoms with Crippen molar-refractivity contribution in [3.63, 3.8) is 0 Å². The van der Waals surface area contributed by atoms with Crippen LogP contribution >= 0.6 is 15.9 Å². The molecule has 0 spiro atoms. The Morgan fingerprint density at radius 2 is 1.79 bits per heavy atom. The molecule has 0 aliphatic rings. The van der Waals surface area contributed by atoms with Crippen molar-refractivity contribution >= 4 is 38.6 Å². The molecule has 5 aromatic rings. The van der Waals surface area contributed by atoms with Gasteiger partial charge in [-0.1, -0.05) is 54.0 Å². The fraction of sp³-hybridized carbons (Fsp3) is 0.143. The number of halogens is 1. The van der Waals surface area contributed by atoms with Crippen molar-refractivity contribution < 1.29 is 13.6 Å². The molecule has 5 rings (SSSR count). The smallest absolute Gasteiger partial charge is 0.291 e. The van der Waals surface area contributed by atoms with Crippen molar-refractivity contribution in [3.05, 3.63) is 94.7 Å². The zero-order chi connectivity index (χ0) is 23.7. The summed E-state index contributed by atoms with van der Waals surface area (Å²) in [6, 6.07) is 24.8. The summed E-state index contributed by atoms with van der Waals surface area (Å²) in [5.74, 6) is 1.53. The molecule has 3 aromatic carbocycles. The number of rotatable bonds is 6. The van der Waals surface area contributed by atoms with Gasteiger partial charge in [-0.3, -0.25) is 4.79 Å². The van der Waals surface area contributed by atoms with Gasteiger partial charge in [0.15, 0.2) is 11.3 Å².